The number of pyridine rings is 1. The molecule has 1 atom stereocenters. The summed E-state index contributed by atoms with van der Waals surface area (Å²) in [6.07, 6.45) is 8.61. The second kappa shape index (κ2) is 10.2. The largest absolute Gasteiger partial charge is 0.481 e. The molecule has 2 aliphatic rings. The van der Waals surface area contributed by atoms with E-state index in [0.717, 1.165) is 30.3 Å². The summed E-state index contributed by atoms with van der Waals surface area (Å²) in [5.41, 5.74) is -0.00907. The fraction of sp³-hybridized carbons (Fsp3) is 0.444. The van der Waals surface area contributed by atoms with E-state index < -0.39 is 23.3 Å². The van der Waals surface area contributed by atoms with Crippen molar-refractivity contribution in [2.75, 3.05) is 0 Å². The average molecular weight is 506 g/mol. The SMILES string of the molecule is C[C@@H](Cn1c(=O)[nH]/c(=N\c2ccc(Oc3ccccn3)cc2)n(CC2CCC3(CC2)CC3)c1=O)C(=O)O. The van der Waals surface area contributed by atoms with Crippen molar-refractivity contribution in [3.05, 3.63) is 75.2 Å². The van der Waals surface area contributed by atoms with Crippen LogP contribution in [0.15, 0.2) is 63.2 Å². The number of nitrogens with one attached hydrogen (secondary N) is 1. The first kappa shape index (κ1) is 24.7. The van der Waals surface area contributed by atoms with Crippen molar-refractivity contribution in [2.24, 2.45) is 22.2 Å². The van der Waals surface area contributed by atoms with Gasteiger partial charge in [-0.3, -0.25) is 14.3 Å². The van der Waals surface area contributed by atoms with Crippen molar-refractivity contribution in [2.45, 2.75) is 58.5 Å². The molecule has 5 rings (SSSR count). The van der Waals surface area contributed by atoms with Crippen LogP contribution in [0.4, 0.5) is 5.69 Å². The molecule has 0 aliphatic heterocycles. The van der Waals surface area contributed by atoms with E-state index in [9.17, 15) is 19.5 Å². The van der Waals surface area contributed by atoms with Gasteiger partial charge in [-0.05, 0) is 80.2 Å². The molecule has 1 spiro atoms. The van der Waals surface area contributed by atoms with Gasteiger partial charge in [-0.2, -0.15) is 0 Å². The van der Waals surface area contributed by atoms with E-state index in [4.69, 9.17) is 4.74 Å². The Morgan fingerprint density at radius 3 is 2.49 bits per heavy atom. The molecule has 1 aromatic carbocycles. The summed E-state index contributed by atoms with van der Waals surface area (Å²) in [6, 6.07) is 12.3. The summed E-state index contributed by atoms with van der Waals surface area (Å²) >= 11 is 0. The molecular weight excluding hydrogens is 474 g/mol. The fourth-order valence-electron chi connectivity index (χ4n) is 4.97. The number of nitrogens with zero attached hydrogens (tertiary/aromatic N) is 4. The second-order valence-corrected chi connectivity index (χ2v) is 10.3. The van der Waals surface area contributed by atoms with E-state index >= 15 is 0 Å². The Morgan fingerprint density at radius 2 is 1.86 bits per heavy atom. The molecule has 2 N–H and O–H groups in total. The van der Waals surface area contributed by atoms with Gasteiger partial charge < -0.3 is 9.84 Å². The summed E-state index contributed by atoms with van der Waals surface area (Å²) in [5.74, 6) is -0.613. The molecule has 0 saturated heterocycles. The fourth-order valence-corrected chi connectivity index (χ4v) is 4.97. The lowest BCUT2D eigenvalue weighted by atomic mass is 9.80. The number of aromatic amines is 1. The maximum absolute atomic E-state index is 13.5. The molecule has 3 aromatic rings. The van der Waals surface area contributed by atoms with Crippen LogP contribution in [-0.4, -0.2) is 30.2 Å². The average Bonchev–Trinajstić information content (AvgIpc) is 3.65. The number of carboxylic acids is 1. The van der Waals surface area contributed by atoms with Crippen molar-refractivity contribution in [3.8, 4) is 11.6 Å². The van der Waals surface area contributed by atoms with Gasteiger partial charge in [0.15, 0.2) is 0 Å². The molecule has 10 heteroatoms. The zero-order valence-corrected chi connectivity index (χ0v) is 20.8. The van der Waals surface area contributed by atoms with Crippen LogP contribution in [0.3, 0.4) is 0 Å². The number of carboxylic acid groups (broad SMARTS) is 1. The van der Waals surface area contributed by atoms with E-state index in [1.165, 1.54) is 24.3 Å². The summed E-state index contributed by atoms with van der Waals surface area (Å²) < 4.78 is 8.18. The molecule has 0 radical (unpaired) electrons. The number of H-pyrrole nitrogens is 1. The van der Waals surface area contributed by atoms with Gasteiger partial charge in [0.2, 0.25) is 11.5 Å². The Labute approximate surface area is 213 Å². The van der Waals surface area contributed by atoms with Gasteiger partial charge >= 0.3 is 17.3 Å². The van der Waals surface area contributed by atoms with Crippen molar-refractivity contribution < 1.29 is 14.6 Å². The topological polar surface area (TPSA) is 132 Å². The van der Waals surface area contributed by atoms with Crippen molar-refractivity contribution >= 4 is 11.7 Å². The first-order valence-electron chi connectivity index (χ1n) is 12.7. The van der Waals surface area contributed by atoms with Gasteiger partial charge in [0.1, 0.15) is 5.75 Å². The normalized spacial score (nSPS) is 18.0. The number of carbonyl (C=O) groups is 1. The number of aliphatic carboxylic acids is 1. The number of ether oxygens (including phenoxy) is 1. The number of rotatable bonds is 8. The molecule has 0 amide bonds. The monoisotopic (exact) mass is 505 g/mol. The van der Waals surface area contributed by atoms with E-state index in [2.05, 4.69) is 15.0 Å². The molecule has 0 unspecified atom stereocenters. The maximum atomic E-state index is 13.5. The van der Waals surface area contributed by atoms with Crippen LogP contribution in [0, 0.1) is 17.3 Å². The van der Waals surface area contributed by atoms with E-state index in [-0.39, 0.29) is 12.2 Å². The Balaban J connectivity index is 1.46. The molecule has 0 bridgehead atoms. The van der Waals surface area contributed by atoms with Crippen LogP contribution in [0.25, 0.3) is 0 Å². The van der Waals surface area contributed by atoms with Crippen LogP contribution in [0.2, 0.25) is 0 Å². The summed E-state index contributed by atoms with van der Waals surface area (Å²) in [7, 11) is 0. The number of hydrogen-bond acceptors (Lipinski definition) is 6. The molecule has 2 aromatic heterocycles. The third-order valence-corrected chi connectivity index (χ3v) is 7.55. The van der Waals surface area contributed by atoms with E-state index in [0.29, 0.717) is 35.2 Å². The highest BCUT2D eigenvalue weighted by Crippen LogP contribution is 2.57. The molecule has 2 aliphatic carbocycles. The van der Waals surface area contributed by atoms with Gasteiger partial charge in [-0.15, -0.1) is 0 Å². The smallest absolute Gasteiger partial charge is 0.335 e. The molecule has 10 nitrogen and oxygen atoms in total. The van der Waals surface area contributed by atoms with Crippen LogP contribution in [-0.2, 0) is 17.9 Å². The summed E-state index contributed by atoms with van der Waals surface area (Å²) in [5, 5.41) is 9.31. The minimum absolute atomic E-state index is 0.152. The molecular formula is C27H31N5O5. The first-order valence-corrected chi connectivity index (χ1v) is 12.7. The van der Waals surface area contributed by atoms with E-state index in [1.807, 2.05) is 6.07 Å². The lowest BCUT2D eigenvalue weighted by Gasteiger charge is -2.28. The summed E-state index contributed by atoms with van der Waals surface area (Å²) in [4.78, 5) is 49.1. The third kappa shape index (κ3) is 5.73. The third-order valence-electron chi connectivity index (χ3n) is 7.55. The van der Waals surface area contributed by atoms with Gasteiger partial charge in [0, 0.05) is 25.4 Å². The van der Waals surface area contributed by atoms with Gasteiger partial charge in [-0.1, -0.05) is 13.0 Å². The minimum atomic E-state index is -1.07. The van der Waals surface area contributed by atoms with Gasteiger partial charge in [0.05, 0.1) is 11.6 Å². The molecule has 2 heterocycles. The van der Waals surface area contributed by atoms with Crippen LogP contribution in [0.5, 0.6) is 11.6 Å². The zero-order valence-electron chi connectivity index (χ0n) is 20.8. The number of aromatic nitrogens is 4. The lowest BCUT2D eigenvalue weighted by Crippen LogP contribution is -2.51. The Kier molecular flexibility index (Phi) is 6.82. The molecule has 2 fully saturated rings. The predicted octanol–water partition coefficient (Wildman–Crippen LogP) is 3.45. The second-order valence-electron chi connectivity index (χ2n) is 10.3. The van der Waals surface area contributed by atoms with Crippen LogP contribution < -0.4 is 21.7 Å². The maximum Gasteiger partial charge on any atom is 0.335 e. The standard InChI is InChI=1S/C27H31N5O5/c1-18(23(33)34)16-32-25(35)30-24(31(26(32)36)17-19-9-11-27(12-10-19)13-14-27)29-20-5-7-21(8-6-20)37-22-4-2-3-15-28-22/h2-8,15,18-19H,9-14,16-17H2,1H3,(H,33,34)(H,29,30,35)/t18-/m0/s1. The Morgan fingerprint density at radius 1 is 1.14 bits per heavy atom. The highest BCUT2D eigenvalue weighted by molar-refractivity contribution is 5.69. The quantitative estimate of drug-likeness (QED) is 0.482. The Bertz CT molecular complexity index is 1440. The van der Waals surface area contributed by atoms with Crippen molar-refractivity contribution in [3.63, 3.8) is 0 Å². The van der Waals surface area contributed by atoms with Crippen LogP contribution >= 0.6 is 0 Å². The number of benzene rings is 1. The van der Waals surface area contributed by atoms with Gasteiger partial charge in [-0.25, -0.2) is 24.1 Å². The van der Waals surface area contributed by atoms with Crippen molar-refractivity contribution in [1.82, 2.24) is 19.1 Å². The summed E-state index contributed by atoms with van der Waals surface area (Å²) in [6.45, 7) is 1.69. The number of hydrogen-bond donors (Lipinski definition) is 2. The molecule has 37 heavy (non-hydrogen) atoms. The van der Waals surface area contributed by atoms with E-state index in [1.54, 1.807) is 42.6 Å². The lowest BCUT2D eigenvalue weighted by molar-refractivity contribution is -0.141. The highest BCUT2D eigenvalue weighted by Gasteiger charge is 2.44. The van der Waals surface area contributed by atoms with Gasteiger partial charge in [0.25, 0.3) is 0 Å². The predicted molar refractivity (Wildman–Crippen MR) is 136 cm³/mol. The van der Waals surface area contributed by atoms with Crippen molar-refractivity contribution in [1.29, 1.82) is 0 Å². The first-order chi connectivity index (χ1) is 17.8. The zero-order chi connectivity index (χ0) is 26.0. The van der Waals surface area contributed by atoms with Crippen LogP contribution in [0.1, 0.15) is 45.4 Å². The molecule has 194 valence electrons. The Hall–Kier alpha value is -3.95. The highest BCUT2D eigenvalue weighted by atomic mass is 16.5. The molecule has 2 saturated carbocycles. The minimum Gasteiger partial charge on any atom is -0.481 e.